The van der Waals surface area contributed by atoms with Crippen molar-refractivity contribution < 1.29 is 33.4 Å². The van der Waals surface area contributed by atoms with Crippen LogP contribution < -0.4 is 4.74 Å². The van der Waals surface area contributed by atoms with Crippen molar-refractivity contribution in [1.29, 1.82) is 0 Å². The van der Waals surface area contributed by atoms with Crippen molar-refractivity contribution in [1.82, 2.24) is 30.4 Å². The maximum atomic E-state index is 10.9. The number of hydrogen-bond acceptors (Lipinski definition) is 12. The van der Waals surface area contributed by atoms with Gasteiger partial charge in [0.05, 0.1) is 11.5 Å². The quantitative estimate of drug-likeness (QED) is 0.0818. The fourth-order valence-electron chi connectivity index (χ4n) is 5.25. The van der Waals surface area contributed by atoms with Gasteiger partial charge in [-0.25, -0.2) is 0 Å². The number of ether oxygens (including phenoxy) is 1. The molecule has 0 unspecified atom stereocenters. The lowest BCUT2D eigenvalue weighted by atomic mass is 10.1. The number of carboxylic acid groups (broad SMARTS) is 2. The van der Waals surface area contributed by atoms with Crippen LogP contribution in [0.1, 0.15) is 0 Å². The molecule has 0 bridgehead atoms. The second kappa shape index (κ2) is 14.3. The van der Waals surface area contributed by atoms with E-state index in [1.54, 1.807) is 23.5 Å². The van der Waals surface area contributed by atoms with E-state index in [0.717, 1.165) is 55.2 Å². The van der Waals surface area contributed by atoms with E-state index >= 15 is 0 Å². The number of H-pyrrole nitrogens is 2. The molecule has 0 radical (unpaired) electrons. The Bertz CT molecular complexity index is 2550. The van der Waals surface area contributed by atoms with Gasteiger partial charge in [-0.1, -0.05) is 35.7 Å². The third-order valence-electron chi connectivity index (χ3n) is 7.60. The lowest BCUT2D eigenvalue weighted by Gasteiger charge is -2.10. The highest BCUT2D eigenvalue weighted by molar-refractivity contribution is 8.00. The molecule has 5 aromatic heterocycles. The van der Waals surface area contributed by atoms with Gasteiger partial charge in [0, 0.05) is 26.3 Å². The van der Waals surface area contributed by atoms with Crippen molar-refractivity contribution in [3.8, 4) is 67.8 Å². The minimum atomic E-state index is -0.936. The fourth-order valence-corrected chi connectivity index (χ4v) is 7.38. The van der Waals surface area contributed by atoms with Crippen LogP contribution in [0.3, 0.4) is 0 Å². The number of rotatable bonds is 13. The van der Waals surface area contributed by atoms with Gasteiger partial charge in [0.1, 0.15) is 23.0 Å². The Labute approximate surface area is 306 Å². The number of fused-ring (bicyclic) bond motifs is 1. The topological polar surface area (TPSA) is 193 Å². The first-order valence-electron chi connectivity index (χ1n) is 15.5. The number of hydrogen-bond donors (Lipinski definition) is 4. The minimum absolute atomic E-state index is 0.118. The molecule has 52 heavy (non-hydrogen) atoms. The summed E-state index contributed by atoms with van der Waals surface area (Å²) in [5, 5.41) is 35.8. The van der Waals surface area contributed by atoms with E-state index in [2.05, 4.69) is 48.6 Å². The average molecular weight is 749 g/mol. The largest absolute Gasteiger partial charge is 0.481 e. The molecule has 5 heterocycles. The summed E-state index contributed by atoms with van der Waals surface area (Å²) in [6.07, 6.45) is 0. The Balaban J connectivity index is 0.967. The summed E-state index contributed by atoms with van der Waals surface area (Å²) in [7, 11) is 0. The number of para-hydroxylation sites is 1. The maximum Gasteiger partial charge on any atom is 0.313 e. The van der Waals surface area contributed by atoms with Crippen LogP contribution in [0.2, 0.25) is 0 Å². The second-order valence-corrected chi connectivity index (χ2v) is 14.1. The highest BCUT2D eigenvalue weighted by Crippen LogP contribution is 2.41. The number of nitrogens with zero attached hydrogens (tertiary/aromatic N) is 4. The van der Waals surface area contributed by atoms with E-state index in [0.29, 0.717) is 56.5 Å². The van der Waals surface area contributed by atoms with Crippen molar-refractivity contribution in [3.05, 3.63) is 97.1 Å². The Morgan fingerprint density at radius 1 is 0.673 bits per heavy atom. The Morgan fingerprint density at radius 2 is 1.25 bits per heavy atom. The zero-order valence-electron chi connectivity index (χ0n) is 26.6. The Kier molecular flexibility index (Phi) is 9.07. The third kappa shape index (κ3) is 7.20. The first-order valence-corrected chi connectivity index (χ1v) is 18.3. The number of aromatic amines is 2. The highest BCUT2D eigenvalue weighted by atomic mass is 32.2. The molecule has 8 aromatic rings. The summed E-state index contributed by atoms with van der Waals surface area (Å²) in [6.45, 7) is 0. The zero-order chi connectivity index (χ0) is 35.6. The first kappa shape index (κ1) is 33.1. The van der Waals surface area contributed by atoms with E-state index in [-0.39, 0.29) is 11.5 Å². The highest BCUT2D eigenvalue weighted by Gasteiger charge is 2.16. The number of carbonyl (C=O) groups is 2. The SMILES string of the molecule is O=C(O)CSc1nnc(-c2ccc(-c3ccc(Oc4ccccc4-c4cc5cc(-c6ccc(-c7nnc(SCC(=O)O)[nH]7)o6)ccc5s4)cc3)o2)[nH]1. The summed E-state index contributed by atoms with van der Waals surface area (Å²) in [4.78, 5) is 28.7. The molecule has 258 valence electrons. The summed E-state index contributed by atoms with van der Waals surface area (Å²) >= 11 is 3.77. The maximum absolute atomic E-state index is 10.9. The van der Waals surface area contributed by atoms with Gasteiger partial charge in [0.2, 0.25) is 0 Å². The molecule has 13 nitrogen and oxygen atoms in total. The monoisotopic (exact) mass is 748 g/mol. The average Bonchev–Trinajstić information content (AvgIpc) is 3.99. The molecule has 8 rings (SSSR count). The number of carboxylic acids is 2. The molecule has 0 aliphatic heterocycles. The van der Waals surface area contributed by atoms with Gasteiger partial charge in [0.25, 0.3) is 0 Å². The van der Waals surface area contributed by atoms with E-state index < -0.39 is 11.9 Å². The van der Waals surface area contributed by atoms with Crippen LogP contribution in [0.5, 0.6) is 11.5 Å². The van der Waals surface area contributed by atoms with Gasteiger partial charge < -0.3 is 33.8 Å². The standard InChI is InChI=1S/C36H24N6O7S3/c43-31(44)17-50-35-37-33(39-41-35)27-12-10-24(48-27)19-5-8-22(9-6-19)47-26-4-2-1-3-23(26)30-16-21-15-20(7-14-29(21)52-30)25-11-13-28(49-25)34-38-36(42-40-34)51-18-32(45)46/h1-16H,17-18H2,(H,43,44)(H,45,46)(H,37,39,41)(H,38,40,42). The summed E-state index contributed by atoms with van der Waals surface area (Å²) in [6, 6.07) is 31.1. The zero-order valence-corrected chi connectivity index (χ0v) is 29.1. The van der Waals surface area contributed by atoms with Crippen LogP contribution in [-0.2, 0) is 9.59 Å². The van der Waals surface area contributed by atoms with Gasteiger partial charge in [-0.15, -0.1) is 31.7 Å². The van der Waals surface area contributed by atoms with Crippen molar-refractivity contribution >= 4 is 56.9 Å². The number of thiophene rings is 1. The summed E-state index contributed by atoms with van der Waals surface area (Å²) in [5.41, 5.74) is 2.70. The molecule has 3 aromatic carbocycles. The third-order valence-corrected chi connectivity index (χ3v) is 10.4. The molecular weight excluding hydrogens is 725 g/mol. The lowest BCUT2D eigenvalue weighted by molar-refractivity contribution is -0.134. The molecule has 0 aliphatic carbocycles. The van der Waals surface area contributed by atoms with Crippen LogP contribution in [-0.4, -0.2) is 64.0 Å². The predicted octanol–water partition coefficient (Wildman–Crippen LogP) is 8.80. The van der Waals surface area contributed by atoms with Gasteiger partial charge in [-0.05, 0) is 90.3 Å². The van der Waals surface area contributed by atoms with Gasteiger partial charge in [-0.3, -0.25) is 9.59 Å². The predicted molar refractivity (Wildman–Crippen MR) is 197 cm³/mol. The number of furan rings is 2. The number of aliphatic carboxylic acids is 2. The van der Waals surface area contributed by atoms with E-state index in [9.17, 15) is 9.59 Å². The fraction of sp³-hybridized carbons (Fsp3) is 0.0556. The molecule has 0 saturated carbocycles. The van der Waals surface area contributed by atoms with E-state index in [1.165, 1.54) is 0 Å². The molecule has 0 saturated heterocycles. The molecule has 4 N–H and O–H groups in total. The molecule has 0 aliphatic rings. The Morgan fingerprint density at radius 3 is 1.88 bits per heavy atom. The van der Waals surface area contributed by atoms with Crippen molar-refractivity contribution in [2.45, 2.75) is 10.3 Å². The summed E-state index contributed by atoms with van der Waals surface area (Å²) < 4.78 is 19.6. The van der Waals surface area contributed by atoms with Crippen LogP contribution in [0.25, 0.3) is 66.3 Å². The van der Waals surface area contributed by atoms with Crippen LogP contribution in [0, 0.1) is 0 Å². The minimum Gasteiger partial charge on any atom is -0.481 e. The van der Waals surface area contributed by atoms with Gasteiger partial charge in [0.15, 0.2) is 33.5 Å². The van der Waals surface area contributed by atoms with Crippen molar-refractivity contribution in [3.63, 3.8) is 0 Å². The number of nitrogens with one attached hydrogen (secondary N) is 2. The normalized spacial score (nSPS) is 11.3. The van der Waals surface area contributed by atoms with Crippen LogP contribution >= 0.6 is 34.9 Å². The smallest absolute Gasteiger partial charge is 0.313 e. The molecule has 16 heteroatoms. The van der Waals surface area contributed by atoms with Crippen molar-refractivity contribution in [2.24, 2.45) is 0 Å². The van der Waals surface area contributed by atoms with Crippen LogP contribution in [0.4, 0.5) is 0 Å². The molecular formula is C36H24N6O7S3. The van der Waals surface area contributed by atoms with Gasteiger partial charge in [-0.2, -0.15) is 0 Å². The lowest BCUT2D eigenvalue weighted by Crippen LogP contribution is -1.97. The summed E-state index contributed by atoms with van der Waals surface area (Å²) in [5.74, 6) is 2.39. The molecule has 0 atom stereocenters. The van der Waals surface area contributed by atoms with Crippen molar-refractivity contribution in [2.75, 3.05) is 11.5 Å². The molecule has 0 spiro atoms. The molecule has 0 amide bonds. The number of aromatic nitrogens is 6. The molecule has 0 fully saturated rings. The Hall–Kier alpha value is -6.10. The number of thioether (sulfide) groups is 2. The van der Waals surface area contributed by atoms with Gasteiger partial charge >= 0.3 is 11.9 Å². The van der Waals surface area contributed by atoms with E-state index in [1.807, 2.05) is 66.7 Å². The van der Waals surface area contributed by atoms with Crippen LogP contribution in [0.15, 0.2) is 116 Å². The van der Waals surface area contributed by atoms with E-state index in [4.69, 9.17) is 23.8 Å². The first-order chi connectivity index (χ1) is 25.3. The number of benzene rings is 3. The second-order valence-electron chi connectivity index (χ2n) is 11.1.